The predicted molar refractivity (Wildman–Crippen MR) is 130 cm³/mol. The number of benzene rings is 1. The van der Waals surface area contributed by atoms with Crippen molar-refractivity contribution in [3.8, 4) is 0 Å². The number of aromatic nitrogens is 1. The summed E-state index contributed by atoms with van der Waals surface area (Å²) in [6, 6.07) is 8.24. The molecule has 0 radical (unpaired) electrons. The summed E-state index contributed by atoms with van der Waals surface area (Å²) in [6.45, 7) is 12.3. The van der Waals surface area contributed by atoms with Gasteiger partial charge in [0, 0.05) is 57.0 Å². The fourth-order valence-electron chi connectivity index (χ4n) is 5.66. The van der Waals surface area contributed by atoms with E-state index < -0.39 is 11.7 Å². The Morgan fingerprint density at radius 1 is 1.03 bits per heavy atom. The van der Waals surface area contributed by atoms with E-state index in [0.29, 0.717) is 12.1 Å². The number of piperazine rings is 1. The van der Waals surface area contributed by atoms with E-state index in [1.165, 1.54) is 12.1 Å². The Balaban J connectivity index is 1.32. The molecule has 3 heterocycles. The molecule has 2 aliphatic rings. The first-order chi connectivity index (χ1) is 16.6. The van der Waals surface area contributed by atoms with Gasteiger partial charge < -0.3 is 4.90 Å². The van der Waals surface area contributed by atoms with Gasteiger partial charge >= 0.3 is 6.18 Å². The normalized spacial score (nSPS) is 21.8. The molecule has 1 aromatic carbocycles. The Kier molecular flexibility index (Phi) is 7.52. The number of likely N-dealkylation sites (tertiary alicyclic amines) is 1. The Morgan fingerprint density at radius 3 is 2.26 bits per heavy atom. The topological polar surface area (TPSA) is 39.7 Å². The van der Waals surface area contributed by atoms with E-state index in [1.807, 2.05) is 24.8 Å². The highest BCUT2D eigenvalue weighted by molar-refractivity contribution is 5.96. The van der Waals surface area contributed by atoms with Crippen molar-refractivity contribution in [3.63, 3.8) is 0 Å². The number of carbonyl (C=O) groups is 1. The van der Waals surface area contributed by atoms with Gasteiger partial charge in [0.25, 0.3) is 5.91 Å². The summed E-state index contributed by atoms with van der Waals surface area (Å²) < 4.78 is 38.7. The number of alkyl halides is 3. The van der Waals surface area contributed by atoms with Crippen LogP contribution in [0.1, 0.15) is 65.5 Å². The van der Waals surface area contributed by atoms with Crippen LogP contribution in [0, 0.1) is 13.8 Å². The smallest absolute Gasteiger partial charge is 0.338 e. The number of amides is 1. The van der Waals surface area contributed by atoms with Gasteiger partial charge in [-0.15, -0.1) is 0 Å². The zero-order chi connectivity index (χ0) is 25.3. The van der Waals surface area contributed by atoms with Crippen LogP contribution in [0.25, 0.3) is 0 Å². The molecule has 0 spiro atoms. The lowest BCUT2D eigenvalue weighted by molar-refractivity contribution is -0.137. The molecular formula is C27H35F3N4O. The van der Waals surface area contributed by atoms with Crippen LogP contribution in [0.3, 0.4) is 0 Å². The molecule has 1 aromatic heterocycles. The van der Waals surface area contributed by atoms with Gasteiger partial charge in [-0.3, -0.25) is 19.6 Å². The maximum Gasteiger partial charge on any atom is 0.416 e. The van der Waals surface area contributed by atoms with Crippen LogP contribution in [0.4, 0.5) is 13.2 Å². The van der Waals surface area contributed by atoms with Crippen molar-refractivity contribution in [1.82, 2.24) is 19.7 Å². The predicted octanol–water partition coefficient (Wildman–Crippen LogP) is 5.09. The van der Waals surface area contributed by atoms with Gasteiger partial charge in [-0.05, 0) is 69.9 Å². The molecule has 1 amide bonds. The van der Waals surface area contributed by atoms with E-state index in [9.17, 15) is 18.0 Å². The molecule has 4 rings (SSSR count). The SMILES string of the molecule is Cc1ccnc(C)c1C(=O)N1CCC(N2CCN([C@@H](C)c3ccc(C(F)(F)F)cc3)[C@@H](C)C2)CC1. The number of carbonyl (C=O) groups excluding carboxylic acids is 1. The summed E-state index contributed by atoms with van der Waals surface area (Å²) in [5.41, 5.74) is 2.78. The molecule has 2 fully saturated rings. The molecule has 0 saturated carbocycles. The molecule has 0 bridgehead atoms. The van der Waals surface area contributed by atoms with Gasteiger partial charge in [-0.25, -0.2) is 0 Å². The van der Waals surface area contributed by atoms with Gasteiger partial charge in [0.2, 0.25) is 0 Å². The van der Waals surface area contributed by atoms with Crippen molar-refractivity contribution in [2.75, 3.05) is 32.7 Å². The molecule has 0 N–H and O–H groups in total. The number of nitrogens with zero attached hydrogens (tertiary/aromatic N) is 4. The van der Waals surface area contributed by atoms with Crippen LogP contribution in [0.15, 0.2) is 36.5 Å². The molecule has 2 aliphatic heterocycles. The Labute approximate surface area is 205 Å². The highest BCUT2D eigenvalue weighted by atomic mass is 19.4. The second kappa shape index (κ2) is 10.3. The molecule has 2 atom stereocenters. The van der Waals surface area contributed by atoms with E-state index in [4.69, 9.17) is 0 Å². The fourth-order valence-corrected chi connectivity index (χ4v) is 5.66. The third-order valence-corrected chi connectivity index (χ3v) is 7.76. The molecule has 35 heavy (non-hydrogen) atoms. The van der Waals surface area contributed by atoms with Crippen molar-refractivity contribution in [2.24, 2.45) is 0 Å². The molecule has 8 heteroatoms. The summed E-state index contributed by atoms with van der Waals surface area (Å²) in [5, 5.41) is 0. The highest BCUT2D eigenvalue weighted by Crippen LogP contribution is 2.32. The number of aryl methyl sites for hydroxylation is 2. The minimum Gasteiger partial charge on any atom is -0.338 e. The Morgan fingerprint density at radius 2 is 1.69 bits per heavy atom. The quantitative estimate of drug-likeness (QED) is 0.601. The number of hydrogen-bond donors (Lipinski definition) is 0. The van der Waals surface area contributed by atoms with E-state index in [-0.39, 0.29) is 11.9 Å². The van der Waals surface area contributed by atoms with E-state index in [1.54, 1.807) is 18.3 Å². The number of piperidine rings is 1. The lowest BCUT2D eigenvalue weighted by Gasteiger charge is -2.47. The lowest BCUT2D eigenvalue weighted by Crippen LogP contribution is -2.57. The van der Waals surface area contributed by atoms with Crippen LogP contribution in [0.5, 0.6) is 0 Å². The number of hydrogen-bond acceptors (Lipinski definition) is 4. The van der Waals surface area contributed by atoms with Gasteiger partial charge in [0.1, 0.15) is 0 Å². The van der Waals surface area contributed by atoms with Crippen molar-refractivity contribution < 1.29 is 18.0 Å². The van der Waals surface area contributed by atoms with Crippen molar-refractivity contribution >= 4 is 5.91 Å². The fraction of sp³-hybridized carbons (Fsp3) is 0.556. The summed E-state index contributed by atoms with van der Waals surface area (Å²) in [5.74, 6) is 0.0788. The second-order valence-electron chi connectivity index (χ2n) is 9.99. The average molecular weight is 489 g/mol. The molecule has 2 saturated heterocycles. The Bertz CT molecular complexity index is 1010. The van der Waals surface area contributed by atoms with Crippen LogP contribution in [0.2, 0.25) is 0 Å². The van der Waals surface area contributed by atoms with Gasteiger partial charge in [0.15, 0.2) is 0 Å². The van der Waals surface area contributed by atoms with E-state index in [2.05, 4.69) is 28.6 Å². The largest absolute Gasteiger partial charge is 0.416 e. The summed E-state index contributed by atoms with van der Waals surface area (Å²) in [6.07, 6.45) is -0.667. The zero-order valence-electron chi connectivity index (χ0n) is 21.0. The van der Waals surface area contributed by atoms with Crippen LogP contribution in [-0.2, 0) is 6.18 Å². The van der Waals surface area contributed by atoms with Crippen LogP contribution in [-0.4, -0.2) is 70.4 Å². The first-order valence-corrected chi connectivity index (χ1v) is 12.4. The van der Waals surface area contributed by atoms with E-state index in [0.717, 1.165) is 67.9 Å². The minimum atomic E-state index is -4.31. The van der Waals surface area contributed by atoms with Crippen molar-refractivity contribution in [2.45, 2.75) is 64.8 Å². The number of pyridine rings is 1. The molecular weight excluding hydrogens is 453 g/mol. The second-order valence-corrected chi connectivity index (χ2v) is 9.99. The summed E-state index contributed by atoms with van der Waals surface area (Å²) in [7, 11) is 0. The van der Waals surface area contributed by atoms with Gasteiger partial charge in [-0.2, -0.15) is 13.2 Å². The van der Waals surface area contributed by atoms with Crippen LogP contribution < -0.4 is 0 Å². The molecule has 190 valence electrons. The first-order valence-electron chi connectivity index (χ1n) is 12.4. The third-order valence-electron chi connectivity index (χ3n) is 7.76. The van der Waals surface area contributed by atoms with E-state index >= 15 is 0 Å². The Hall–Kier alpha value is -2.45. The molecule has 5 nitrogen and oxygen atoms in total. The first kappa shape index (κ1) is 25.6. The monoisotopic (exact) mass is 488 g/mol. The van der Waals surface area contributed by atoms with Crippen LogP contribution >= 0.6 is 0 Å². The third kappa shape index (κ3) is 5.54. The summed E-state index contributed by atoms with van der Waals surface area (Å²) in [4.78, 5) is 24.3. The number of rotatable bonds is 4. The minimum absolute atomic E-state index is 0.0554. The average Bonchev–Trinajstić information content (AvgIpc) is 2.83. The maximum atomic E-state index is 13.1. The highest BCUT2D eigenvalue weighted by Gasteiger charge is 2.35. The number of halogens is 3. The maximum absolute atomic E-state index is 13.1. The van der Waals surface area contributed by atoms with Gasteiger partial charge in [0.05, 0.1) is 16.8 Å². The zero-order valence-corrected chi connectivity index (χ0v) is 21.0. The van der Waals surface area contributed by atoms with Crippen molar-refractivity contribution in [3.05, 3.63) is 64.5 Å². The van der Waals surface area contributed by atoms with Gasteiger partial charge in [-0.1, -0.05) is 12.1 Å². The standard InChI is InChI=1S/C27H35F3N4O/c1-18-9-12-31-20(3)25(18)26(35)32-13-10-24(11-14-32)33-15-16-34(19(2)17-33)21(4)22-5-7-23(8-6-22)27(28,29)30/h5-9,12,19,21,24H,10-11,13-17H2,1-4H3/t19-,21-/m0/s1. The van der Waals surface area contributed by atoms with Crippen molar-refractivity contribution in [1.29, 1.82) is 0 Å². The molecule has 0 unspecified atom stereocenters. The lowest BCUT2D eigenvalue weighted by atomic mass is 9.97. The molecule has 0 aliphatic carbocycles. The molecule has 2 aromatic rings. The summed E-state index contributed by atoms with van der Waals surface area (Å²) >= 11 is 0.